The van der Waals surface area contributed by atoms with E-state index >= 15 is 0 Å². The van der Waals surface area contributed by atoms with Crippen LogP contribution in [0.1, 0.15) is 25.7 Å². The normalized spacial score (nSPS) is 17.7. The monoisotopic (exact) mass is 215 g/mol. The van der Waals surface area contributed by atoms with Gasteiger partial charge in [-0.2, -0.15) is 0 Å². The zero-order valence-electron chi connectivity index (χ0n) is 9.46. The SMILES string of the molecule is COCCC(=O)OCCC1CCNCC1. The molecule has 4 nitrogen and oxygen atoms in total. The minimum absolute atomic E-state index is 0.147. The second kappa shape index (κ2) is 7.65. The molecule has 88 valence electrons. The van der Waals surface area contributed by atoms with E-state index in [1.54, 1.807) is 7.11 Å². The van der Waals surface area contributed by atoms with Crippen LogP contribution in [0.2, 0.25) is 0 Å². The largest absolute Gasteiger partial charge is 0.466 e. The van der Waals surface area contributed by atoms with Gasteiger partial charge in [0, 0.05) is 7.11 Å². The predicted molar refractivity (Wildman–Crippen MR) is 57.7 cm³/mol. The van der Waals surface area contributed by atoms with Gasteiger partial charge in [0.25, 0.3) is 0 Å². The Balaban J connectivity index is 1.97. The maximum absolute atomic E-state index is 11.1. The van der Waals surface area contributed by atoms with E-state index in [2.05, 4.69) is 5.32 Å². The molecule has 0 saturated carbocycles. The lowest BCUT2D eigenvalue weighted by Crippen LogP contribution is -2.28. The number of methoxy groups -OCH3 is 1. The lowest BCUT2D eigenvalue weighted by atomic mass is 9.95. The van der Waals surface area contributed by atoms with E-state index in [0.29, 0.717) is 19.6 Å². The molecule has 0 amide bonds. The van der Waals surface area contributed by atoms with Crippen molar-refractivity contribution in [1.82, 2.24) is 5.32 Å². The molecule has 1 fully saturated rings. The van der Waals surface area contributed by atoms with Gasteiger partial charge in [-0.05, 0) is 38.3 Å². The quantitative estimate of drug-likeness (QED) is 0.670. The highest BCUT2D eigenvalue weighted by Gasteiger charge is 2.13. The minimum atomic E-state index is -0.147. The van der Waals surface area contributed by atoms with Gasteiger partial charge in [-0.15, -0.1) is 0 Å². The number of nitrogens with one attached hydrogen (secondary N) is 1. The first kappa shape index (κ1) is 12.5. The first-order chi connectivity index (χ1) is 7.33. The van der Waals surface area contributed by atoms with Gasteiger partial charge in [-0.25, -0.2) is 0 Å². The summed E-state index contributed by atoms with van der Waals surface area (Å²) in [6.45, 7) is 3.21. The standard InChI is InChI=1S/C11H21NO3/c1-14-8-5-11(13)15-9-4-10-2-6-12-7-3-10/h10,12H,2-9H2,1H3. The smallest absolute Gasteiger partial charge is 0.308 e. The van der Waals surface area contributed by atoms with Crippen molar-refractivity contribution in [2.75, 3.05) is 33.4 Å². The Morgan fingerprint density at radius 3 is 2.73 bits per heavy atom. The molecule has 1 rings (SSSR count). The molecule has 1 aliphatic heterocycles. The molecule has 0 aromatic heterocycles. The molecular formula is C11H21NO3. The predicted octanol–water partition coefficient (Wildman–Crippen LogP) is 0.956. The lowest BCUT2D eigenvalue weighted by molar-refractivity contribution is -0.145. The molecule has 0 unspecified atom stereocenters. The number of ether oxygens (including phenoxy) is 2. The van der Waals surface area contributed by atoms with Gasteiger partial charge in [0.05, 0.1) is 19.6 Å². The number of rotatable bonds is 6. The van der Waals surface area contributed by atoms with Crippen LogP contribution < -0.4 is 5.32 Å². The van der Waals surface area contributed by atoms with E-state index in [1.165, 1.54) is 12.8 Å². The number of carbonyl (C=O) groups excluding carboxylic acids is 1. The average molecular weight is 215 g/mol. The summed E-state index contributed by atoms with van der Waals surface area (Å²) >= 11 is 0. The van der Waals surface area contributed by atoms with Gasteiger partial charge < -0.3 is 14.8 Å². The van der Waals surface area contributed by atoms with E-state index in [4.69, 9.17) is 9.47 Å². The minimum Gasteiger partial charge on any atom is -0.466 e. The molecule has 0 atom stereocenters. The first-order valence-corrected chi connectivity index (χ1v) is 5.68. The Labute approximate surface area is 91.3 Å². The van der Waals surface area contributed by atoms with E-state index in [1.807, 2.05) is 0 Å². The summed E-state index contributed by atoms with van der Waals surface area (Å²) in [4.78, 5) is 11.1. The van der Waals surface area contributed by atoms with Crippen LogP contribution in [0.15, 0.2) is 0 Å². The Kier molecular flexibility index (Phi) is 6.36. The molecular weight excluding hydrogens is 194 g/mol. The van der Waals surface area contributed by atoms with Crippen LogP contribution in [0.25, 0.3) is 0 Å². The van der Waals surface area contributed by atoms with Crippen LogP contribution in [0.5, 0.6) is 0 Å². The molecule has 0 bridgehead atoms. The van der Waals surface area contributed by atoms with Crippen molar-refractivity contribution in [3.05, 3.63) is 0 Å². The van der Waals surface area contributed by atoms with Crippen molar-refractivity contribution in [2.45, 2.75) is 25.7 Å². The second-order valence-electron chi connectivity index (χ2n) is 3.95. The van der Waals surface area contributed by atoms with Gasteiger partial charge in [-0.3, -0.25) is 4.79 Å². The fourth-order valence-electron chi connectivity index (χ4n) is 1.77. The van der Waals surface area contributed by atoms with Crippen LogP contribution in [0, 0.1) is 5.92 Å². The van der Waals surface area contributed by atoms with Gasteiger partial charge in [0.15, 0.2) is 0 Å². The van der Waals surface area contributed by atoms with Crippen molar-refractivity contribution in [2.24, 2.45) is 5.92 Å². The van der Waals surface area contributed by atoms with Crippen LogP contribution >= 0.6 is 0 Å². The number of hydrogen-bond donors (Lipinski definition) is 1. The van der Waals surface area contributed by atoms with Crippen molar-refractivity contribution in [3.8, 4) is 0 Å². The maximum Gasteiger partial charge on any atom is 0.308 e. The number of piperidine rings is 1. The Bertz CT molecular complexity index is 179. The highest BCUT2D eigenvalue weighted by molar-refractivity contribution is 5.69. The Hall–Kier alpha value is -0.610. The van der Waals surface area contributed by atoms with Gasteiger partial charge >= 0.3 is 5.97 Å². The van der Waals surface area contributed by atoms with Crippen LogP contribution in [-0.2, 0) is 14.3 Å². The molecule has 15 heavy (non-hydrogen) atoms. The molecule has 1 N–H and O–H groups in total. The molecule has 4 heteroatoms. The summed E-state index contributed by atoms with van der Waals surface area (Å²) in [5.74, 6) is 0.576. The van der Waals surface area contributed by atoms with Crippen LogP contribution in [0.4, 0.5) is 0 Å². The van der Waals surface area contributed by atoms with E-state index in [-0.39, 0.29) is 5.97 Å². The molecule has 1 heterocycles. The average Bonchev–Trinajstić information content (AvgIpc) is 2.28. The highest BCUT2D eigenvalue weighted by atomic mass is 16.5. The Morgan fingerprint density at radius 1 is 1.33 bits per heavy atom. The summed E-state index contributed by atoms with van der Waals surface area (Å²) < 4.78 is 9.91. The topological polar surface area (TPSA) is 47.6 Å². The van der Waals surface area contributed by atoms with Crippen molar-refractivity contribution < 1.29 is 14.3 Å². The summed E-state index contributed by atoms with van der Waals surface area (Å²) in [7, 11) is 1.59. The van der Waals surface area contributed by atoms with Gasteiger partial charge in [-0.1, -0.05) is 0 Å². The van der Waals surface area contributed by atoms with Crippen molar-refractivity contribution in [1.29, 1.82) is 0 Å². The van der Waals surface area contributed by atoms with Crippen molar-refractivity contribution in [3.63, 3.8) is 0 Å². The van der Waals surface area contributed by atoms with Crippen LogP contribution in [0.3, 0.4) is 0 Å². The molecule has 0 radical (unpaired) electrons. The summed E-state index contributed by atoms with van der Waals surface area (Å²) in [5, 5.41) is 3.32. The third-order valence-corrected chi connectivity index (χ3v) is 2.76. The molecule has 0 spiro atoms. The van der Waals surface area contributed by atoms with E-state index in [9.17, 15) is 4.79 Å². The number of carbonyl (C=O) groups is 1. The zero-order valence-corrected chi connectivity index (χ0v) is 9.46. The number of hydrogen-bond acceptors (Lipinski definition) is 4. The maximum atomic E-state index is 11.1. The summed E-state index contributed by atoms with van der Waals surface area (Å²) in [6, 6.07) is 0. The van der Waals surface area contributed by atoms with Gasteiger partial charge in [0.2, 0.25) is 0 Å². The van der Waals surface area contributed by atoms with E-state index in [0.717, 1.165) is 25.4 Å². The molecule has 1 saturated heterocycles. The van der Waals surface area contributed by atoms with Gasteiger partial charge in [0.1, 0.15) is 0 Å². The second-order valence-corrected chi connectivity index (χ2v) is 3.95. The molecule has 0 aromatic rings. The first-order valence-electron chi connectivity index (χ1n) is 5.68. The van der Waals surface area contributed by atoms with Crippen LogP contribution in [-0.4, -0.2) is 39.4 Å². The molecule has 0 aliphatic carbocycles. The molecule has 0 aromatic carbocycles. The lowest BCUT2D eigenvalue weighted by Gasteiger charge is -2.22. The summed E-state index contributed by atoms with van der Waals surface area (Å²) in [6.07, 6.45) is 3.77. The molecule has 1 aliphatic rings. The fourth-order valence-corrected chi connectivity index (χ4v) is 1.77. The van der Waals surface area contributed by atoms with E-state index < -0.39 is 0 Å². The fraction of sp³-hybridized carbons (Fsp3) is 0.909. The van der Waals surface area contributed by atoms with Crippen molar-refractivity contribution >= 4 is 5.97 Å². The third-order valence-electron chi connectivity index (χ3n) is 2.76. The number of esters is 1. The zero-order chi connectivity index (χ0) is 10.9. The third kappa shape index (κ3) is 5.74. The highest BCUT2D eigenvalue weighted by Crippen LogP contribution is 2.15. The Morgan fingerprint density at radius 2 is 2.07 bits per heavy atom. The summed E-state index contributed by atoms with van der Waals surface area (Å²) in [5.41, 5.74) is 0.